The Balaban J connectivity index is 1.65. The van der Waals surface area contributed by atoms with E-state index in [-0.39, 0.29) is 5.91 Å². The van der Waals surface area contributed by atoms with Crippen molar-refractivity contribution in [1.29, 1.82) is 0 Å². The number of hydrogen-bond donors (Lipinski definition) is 0. The summed E-state index contributed by atoms with van der Waals surface area (Å²) in [5.41, 5.74) is 3.01. The molecule has 1 aliphatic heterocycles. The van der Waals surface area contributed by atoms with Crippen LogP contribution in [0.4, 0.5) is 0 Å². The van der Waals surface area contributed by atoms with Gasteiger partial charge < -0.3 is 9.64 Å². The summed E-state index contributed by atoms with van der Waals surface area (Å²) in [6.07, 6.45) is 6.43. The van der Waals surface area contributed by atoms with Crippen molar-refractivity contribution in [2.75, 3.05) is 20.2 Å². The number of thioether (sulfide) groups is 1. The van der Waals surface area contributed by atoms with Gasteiger partial charge in [0, 0.05) is 35.2 Å². The number of benzene rings is 1. The minimum absolute atomic E-state index is 0.222. The molecule has 158 valence electrons. The van der Waals surface area contributed by atoms with E-state index in [0.29, 0.717) is 23.2 Å². The summed E-state index contributed by atoms with van der Waals surface area (Å²) in [5, 5.41) is 1.28. The number of carbonyl (C=O) groups is 1. The highest BCUT2D eigenvalue weighted by molar-refractivity contribution is 8.00. The number of nitrogens with zero attached hydrogens (tertiary/aromatic N) is 2. The lowest BCUT2D eigenvalue weighted by atomic mass is 9.96. The van der Waals surface area contributed by atoms with Gasteiger partial charge in [0.25, 0.3) is 0 Å². The number of likely N-dealkylation sites (tertiary alicyclic amines) is 1. The Kier molecular flexibility index (Phi) is 6.69. The molecule has 2 fully saturated rings. The van der Waals surface area contributed by atoms with Crippen molar-refractivity contribution in [3.05, 3.63) is 58.8 Å². The van der Waals surface area contributed by atoms with Gasteiger partial charge in [0.2, 0.25) is 11.8 Å². The lowest BCUT2D eigenvalue weighted by Gasteiger charge is -2.16. The third-order valence-corrected chi connectivity index (χ3v) is 7.19. The van der Waals surface area contributed by atoms with Gasteiger partial charge in [0.1, 0.15) is 5.02 Å². The van der Waals surface area contributed by atoms with Crippen LogP contribution in [0.25, 0.3) is 5.57 Å². The van der Waals surface area contributed by atoms with E-state index in [9.17, 15) is 4.79 Å². The van der Waals surface area contributed by atoms with Gasteiger partial charge in [-0.15, -0.1) is 11.8 Å². The van der Waals surface area contributed by atoms with Crippen LogP contribution in [0, 0.1) is 5.92 Å². The van der Waals surface area contributed by atoms with Crippen molar-refractivity contribution in [3.63, 3.8) is 0 Å². The number of methoxy groups -OCH3 is 1. The fourth-order valence-electron chi connectivity index (χ4n) is 3.75. The Morgan fingerprint density at radius 1 is 1.23 bits per heavy atom. The monoisotopic (exact) mass is 442 g/mol. The van der Waals surface area contributed by atoms with Gasteiger partial charge in [-0.3, -0.25) is 4.79 Å². The highest BCUT2D eigenvalue weighted by Crippen LogP contribution is 2.39. The van der Waals surface area contributed by atoms with Crippen LogP contribution in [0.2, 0.25) is 5.02 Å². The number of ether oxygens (including phenoxy) is 1. The third kappa shape index (κ3) is 5.01. The van der Waals surface area contributed by atoms with E-state index in [4.69, 9.17) is 16.3 Å². The Morgan fingerprint density at radius 2 is 2.00 bits per heavy atom. The predicted octanol–water partition coefficient (Wildman–Crippen LogP) is 5.69. The summed E-state index contributed by atoms with van der Waals surface area (Å²) in [6, 6.07) is 12.5. The Hall–Kier alpha value is -1.98. The standard InChI is InChI=1S/C24H27ClN2O2S/c1-3-23(28)27-13-12-16(15-27)14-20(22-11-10-21(25)24(26-22)29-2)17-4-6-18(7-5-17)30-19-8-9-19/h4-7,10-11,14,16,19H,3,8-9,12-13,15H2,1-2H3. The molecule has 0 N–H and O–H groups in total. The molecule has 0 bridgehead atoms. The highest BCUT2D eigenvalue weighted by Gasteiger charge is 2.25. The van der Waals surface area contributed by atoms with Crippen LogP contribution in [0.5, 0.6) is 5.88 Å². The maximum absolute atomic E-state index is 12.1. The van der Waals surface area contributed by atoms with Crippen molar-refractivity contribution < 1.29 is 9.53 Å². The second-order valence-electron chi connectivity index (χ2n) is 7.85. The van der Waals surface area contributed by atoms with E-state index in [0.717, 1.165) is 41.6 Å². The van der Waals surface area contributed by atoms with E-state index in [1.54, 1.807) is 7.11 Å². The summed E-state index contributed by atoms with van der Waals surface area (Å²) in [6.45, 7) is 3.49. The van der Waals surface area contributed by atoms with Crippen LogP contribution < -0.4 is 4.74 Å². The zero-order valence-corrected chi connectivity index (χ0v) is 19.0. The van der Waals surface area contributed by atoms with Gasteiger partial charge in [0.05, 0.1) is 12.8 Å². The van der Waals surface area contributed by atoms with Gasteiger partial charge >= 0.3 is 0 Å². The van der Waals surface area contributed by atoms with Crippen LogP contribution in [0.3, 0.4) is 0 Å². The predicted molar refractivity (Wildman–Crippen MR) is 123 cm³/mol. The molecule has 1 unspecified atom stereocenters. The lowest BCUT2D eigenvalue weighted by Crippen LogP contribution is -2.27. The summed E-state index contributed by atoms with van der Waals surface area (Å²) >= 11 is 8.16. The first-order valence-corrected chi connectivity index (χ1v) is 11.8. The van der Waals surface area contributed by atoms with E-state index < -0.39 is 0 Å². The molecule has 30 heavy (non-hydrogen) atoms. The smallest absolute Gasteiger partial charge is 0.232 e. The fourth-order valence-corrected chi connectivity index (χ4v) is 4.98. The molecule has 2 heterocycles. The third-order valence-electron chi connectivity index (χ3n) is 5.56. The molecule has 2 aromatic rings. The minimum Gasteiger partial charge on any atom is -0.480 e. The molecule has 1 amide bonds. The van der Waals surface area contributed by atoms with E-state index in [1.165, 1.54) is 17.7 Å². The molecule has 0 radical (unpaired) electrons. The van der Waals surface area contributed by atoms with Gasteiger partial charge in [-0.2, -0.15) is 0 Å². The Morgan fingerprint density at radius 3 is 2.67 bits per heavy atom. The SMILES string of the molecule is CCC(=O)N1CCC(C=C(c2ccc(SC3CC3)cc2)c2ccc(Cl)c(OC)n2)C1. The molecular formula is C24H27ClN2O2S. The maximum atomic E-state index is 12.1. The fraction of sp³-hybridized carbons (Fsp3) is 0.417. The molecule has 2 aliphatic rings. The van der Waals surface area contributed by atoms with E-state index >= 15 is 0 Å². The normalized spacial score (nSPS) is 19.2. The number of pyridine rings is 1. The average molecular weight is 443 g/mol. The quantitative estimate of drug-likeness (QED) is 0.552. The van der Waals surface area contributed by atoms with Gasteiger partial charge in [-0.25, -0.2) is 4.98 Å². The summed E-state index contributed by atoms with van der Waals surface area (Å²) in [5.74, 6) is 0.954. The molecule has 1 saturated heterocycles. The number of amides is 1. The van der Waals surface area contributed by atoms with Crippen molar-refractivity contribution in [3.8, 4) is 5.88 Å². The van der Waals surface area contributed by atoms with Crippen molar-refractivity contribution in [2.45, 2.75) is 42.8 Å². The average Bonchev–Trinajstić information content (AvgIpc) is 3.46. The molecule has 1 aromatic carbocycles. The van der Waals surface area contributed by atoms with Gasteiger partial charge in [0.15, 0.2) is 0 Å². The largest absolute Gasteiger partial charge is 0.480 e. The molecule has 1 aliphatic carbocycles. The van der Waals surface area contributed by atoms with E-state index in [1.807, 2.05) is 35.7 Å². The molecule has 4 rings (SSSR count). The number of halogens is 1. The van der Waals surface area contributed by atoms with Crippen molar-refractivity contribution in [2.24, 2.45) is 5.92 Å². The zero-order valence-electron chi connectivity index (χ0n) is 17.4. The topological polar surface area (TPSA) is 42.4 Å². The molecule has 0 spiro atoms. The second-order valence-corrected chi connectivity index (χ2v) is 9.63. The zero-order chi connectivity index (χ0) is 21.1. The van der Waals surface area contributed by atoms with Gasteiger partial charge in [-0.1, -0.05) is 36.7 Å². The van der Waals surface area contributed by atoms with Gasteiger partial charge in [-0.05, 0) is 55.0 Å². The van der Waals surface area contributed by atoms with Crippen molar-refractivity contribution >= 4 is 34.8 Å². The van der Waals surface area contributed by atoms with Crippen LogP contribution >= 0.6 is 23.4 Å². The lowest BCUT2D eigenvalue weighted by molar-refractivity contribution is -0.129. The first kappa shape index (κ1) is 21.3. The summed E-state index contributed by atoms with van der Waals surface area (Å²) in [4.78, 5) is 20.0. The first-order valence-electron chi connectivity index (χ1n) is 10.5. The van der Waals surface area contributed by atoms with Crippen LogP contribution in [0.1, 0.15) is 43.9 Å². The Bertz CT molecular complexity index is 941. The van der Waals surface area contributed by atoms with E-state index in [2.05, 4.69) is 35.3 Å². The molecule has 1 saturated carbocycles. The number of carbonyl (C=O) groups excluding carboxylic acids is 1. The minimum atomic E-state index is 0.222. The summed E-state index contributed by atoms with van der Waals surface area (Å²) in [7, 11) is 1.58. The van der Waals surface area contributed by atoms with Crippen LogP contribution in [-0.4, -0.2) is 41.2 Å². The Labute approximate surface area is 187 Å². The second kappa shape index (κ2) is 9.44. The summed E-state index contributed by atoms with van der Waals surface area (Å²) < 4.78 is 5.35. The molecule has 6 heteroatoms. The van der Waals surface area contributed by atoms with Crippen molar-refractivity contribution in [1.82, 2.24) is 9.88 Å². The maximum Gasteiger partial charge on any atom is 0.232 e. The van der Waals surface area contributed by atoms with Crippen LogP contribution in [-0.2, 0) is 4.79 Å². The first-order chi connectivity index (χ1) is 14.6. The van der Waals surface area contributed by atoms with Crippen LogP contribution in [0.15, 0.2) is 47.4 Å². The number of rotatable bonds is 7. The highest BCUT2D eigenvalue weighted by atomic mass is 35.5. The number of aromatic nitrogens is 1. The molecule has 1 aromatic heterocycles. The molecule has 4 nitrogen and oxygen atoms in total. The molecular weight excluding hydrogens is 416 g/mol. The number of hydrogen-bond acceptors (Lipinski definition) is 4. The molecule has 1 atom stereocenters.